The van der Waals surface area contributed by atoms with Crippen LogP contribution in [0.15, 0.2) is 137 Å². The van der Waals surface area contributed by atoms with Crippen LogP contribution in [0.4, 0.5) is 24.8 Å². The maximum Gasteiger partial charge on any atom is 0.305 e. The lowest BCUT2D eigenvalue weighted by Crippen LogP contribution is -2.36. The molecule has 9 aromatic heterocycles. The predicted molar refractivity (Wildman–Crippen MR) is 391 cm³/mol. The number of carboxylic acids is 3. The number of benzene rings is 2. The molecule has 0 radical (unpaired) electrons. The van der Waals surface area contributed by atoms with Crippen molar-refractivity contribution < 1.29 is 63.9 Å². The first-order valence-electron chi connectivity index (χ1n) is 31.4. The van der Waals surface area contributed by atoms with Crippen LogP contribution in [0.1, 0.15) is 92.7 Å². The number of pyridine rings is 3. The summed E-state index contributed by atoms with van der Waals surface area (Å²) in [4.78, 5) is 73.1. The highest BCUT2D eigenvalue weighted by atomic mass is 35.5. The van der Waals surface area contributed by atoms with E-state index in [-0.39, 0.29) is 107 Å². The zero-order valence-corrected chi connectivity index (χ0v) is 62.7. The van der Waals surface area contributed by atoms with Crippen LogP contribution in [0, 0.1) is 47.5 Å². The number of nitrogens with zero attached hydrogens (tertiary/aromatic N) is 11. The molecular formula is C69H73Cl3F3N15O11S3. The van der Waals surface area contributed by atoms with Gasteiger partial charge in [-0.1, -0.05) is 133 Å². The Bertz CT molecular complexity index is 5300. The van der Waals surface area contributed by atoms with Gasteiger partial charge in [0.25, 0.3) is 20.0 Å². The van der Waals surface area contributed by atoms with Crippen molar-refractivity contribution in [2.45, 2.75) is 128 Å². The summed E-state index contributed by atoms with van der Waals surface area (Å²) in [5, 5.41) is 34.8. The molecule has 0 bridgehead atoms. The number of aryl methyl sites for hydroxylation is 2. The number of anilines is 2. The number of nitrogens with one attached hydrogen (secondary N) is 3. The Morgan fingerprint density at radius 2 is 0.904 bits per heavy atom. The van der Waals surface area contributed by atoms with E-state index in [1.54, 1.807) is 36.5 Å². The van der Waals surface area contributed by atoms with Crippen molar-refractivity contribution in [2.75, 3.05) is 16.9 Å². The van der Waals surface area contributed by atoms with Gasteiger partial charge in [0, 0.05) is 94.4 Å². The summed E-state index contributed by atoms with van der Waals surface area (Å²) in [5.41, 5.74) is 8.28. The Balaban J connectivity index is 0.000000187. The maximum atomic E-state index is 14.7. The van der Waals surface area contributed by atoms with Gasteiger partial charge in [-0.05, 0) is 72.6 Å². The Labute approximate surface area is 613 Å². The van der Waals surface area contributed by atoms with Gasteiger partial charge in [-0.3, -0.25) is 18.6 Å². The van der Waals surface area contributed by atoms with Crippen LogP contribution in [-0.2, 0) is 45.2 Å². The number of rotatable bonds is 18. The number of aromatic amines is 1. The molecule has 8 N–H and O–H groups in total. The van der Waals surface area contributed by atoms with Crippen LogP contribution >= 0.6 is 34.8 Å². The summed E-state index contributed by atoms with van der Waals surface area (Å²) >= 11 is 18.3. The van der Waals surface area contributed by atoms with Crippen LogP contribution in [0.25, 0.3) is 67.3 Å². The van der Waals surface area contributed by atoms with E-state index in [0.29, 0.717) is 32.4 Å². The van der Waals surface area contributed by atoms with Gasteiger partial charge in [0.2, 0.25) is 0 Å². The van der Waals surface area contributed by atoms with Gasteiger partial charge in [-0.25, -0.2) is 82.8 Å². The number of hydrogen-bond acceptors (Lipinski definition) is 20. The molecular weight excluding hydrogens is 1470 g/mol. The molecule has 9 heterocycles. The molecule has 0 fully saturated rings. The first kappa shape index (κ1) is 80.1. The summed E-state index contributed by atoms with van der Waals surface area (Å²) in [6.07, 6.45) is 12.3. The Morgan fingerprint density at radius 3 is 1.27 bits per heavy atom. The third-order valence-electron chi connectivity index (χ3n) is 16.0. The number of halogens is 6. The molecule has 11 rings (SSSR count). The van der Waals surface area contributed by atoms with Crippen LogP contribution in [0.2, 0.25) is 15.1 Å². The SMILES string of the molecule is CC(C)(C)[C@@H](CC(=O)O)Nc1nc(-c2c[nH]c3ncc(Cl)cc23)ncc1F.CC(C)(C)[C@H](N)CC(=O)O.Cc1ccc(S(=O)(=O)n2cc(-c3ncc(F)c(N[C@H](CC(=O)O)C(C)(C)C)n3)c3cc(Cl)cnc32)cc1.Cc1ccc(S(=O)(=O)n2cc(-c3ncc(F)c(S(C)=O)n3)c3cc(Cl)cnc32)cc1. The van der Waals surface area contributed by atoms with Crippen molar-refractivity contribution in [3.63, 3.8) is 0 Å². The Morgan fingerprint density at radius 1 is 0.538 bits per heavy atom. The quantitative estimate of drug-likeness (QED) is 0.0392. The van der Waals surface area contributed by atoms with E-state index in [0.717, 1.165) is 37.7 Å². The number of aliphatic carboxylic acids is 3. The van der Waals surface area contributed by atoms with Crippen molar-refractivity contribution in [2.24, 2.45) is 22.0 Å². The van der Waals surface area contributed by atoms with E-state index < -0.39 is 89.1 Å². The van der Waals surface area contributed by atoms with E-state index in [1.165, 1.54) is 73.6 Å². The molecule has 0 aliphatic rings. The third kappa shape index (κ3) is 19.4. The summed E-state index contributed by atoms with van der Waals surface area (Å²) in [5.74, 6) is -5.07. The Hall–Kier alpha value is -9.57. The van der Waals surface area contributed by atoms with Gasteiger partial charge in [0.1, 0.15) is 5.65 Å². The number of carboxylic acid groups (broad SMARTS) is 3. The fraction of sp³-hybridized carbons (Fsp3) is 0.304. The summed E-state index contributed by atoms with van der Waals surface area (Å²) in [6.45, 7) is 20.6. The average molecular weight is 1550 g/mol. The third-order valence-corrected chi connectivity index (χ3v) is 20.8. The number of nitrogens with two attached hydrogens (primary N) is 1. The van der Waals surface area contributed by atoms with E-state index in [1.807, 2.05) is 76.2 Å². The topological polar surface area (TPSA) is 389 Å². The maximum absolute atomic E-state index is 14.7. The Kier molecular flexibility index (Phi) is 24.8. The predicted octanol–water partition coefficient (Wildman–Crippen LogP) is 13.6. The molecule has 26 nitrogen and oxygen atoms in total. The normalized spacial score (nSPS) is 13.1. The molecule has 104 heavy (non-hydrogen) atoms. The van der Waals surface area contributed by atoms with Crippen LogP contribution in [0.5, 0.6) is 0 Å². The molecule has 0 saturated heterocycles. The standard InChI is InChI=1S/C25H25ClFN5O4S.C19H14ClFN4O3S2.C18H19ClFN5O2.C7H15NO2/c1-14-5-7-16(8-6-14)37(35,36)32-13-18(17-9-15(26)11-29-24(17)32)22-28-12-19(27)23(31-22)30-20(10-21(33)34)25(2,3)4;1-11-3-5-13(6-4-11)30(27,28)25-10-15(14-7-12(20)8-23-18(14)25)17-22-9-16(21)19(24-17)29(2)26;1-18(2,3)13(5-14(26)27)24-17-12(20)8-23-16(25-17)11-7-22-15-10(11)4-9(19)6-21-15;1-7(2,3)5(8)4-6(9)10/h5-9,11-13,20H,10H2,1-4H3,(H,33,34)(H,28,30,31);3-10H,1-2H3;4,6-8,13H,5H2,1-3H3,(H,21,22)(H,26,27)(H,23,24,25);5H,4,8H2,1-3H3,(H,9,10)/t20-;;13-;5-/m1.11/s1. The van der Waals surface area contributed by atoms with E-state index in [9.17, 15) is 53.7 Å². The van der Waals surface area contributed by atoms with Crippen molar-refractivity contribution in [3.05, 3.63) is 166 Å². The molecule has 0 aliphatic carbocycles. The zero-order valence-electron chi connectivity index (χ0n) is 58.0. The van der Waals surface area contributed by atoms with Gasteiger partial charge in [-0.15, -0.1) is 0 Å². The van der Waals surface area contributed by atoms with Gasteiger partial charge >= 0.3 is 17.9 Å². The number of fused-ring (bicyclic) bond motifs is 3. The van der Waals surface area contributed by atoms with E-state index in [2.05, 4.69) is 60.5 Å². The fourth-order valence-electron chi connectivity index (χ4n) is 9.84. The van der Waals surface area contributed by atoms with Crippen molar-refractivity contribution in [1.29, 1.82) is 0 Å². The second-order valence-corrected chi connectivity index (χ2v) is 33.3. The van der Waals surface area contributed by atoms with Crippen LogP contribution in [-0.4, -0.2) is 136 Å². The molecule has 550 valence electrons. The monoisotopic (exact) mass is 1550 g/mol. The van der Waals surface area contributed by atoms with Crippen molar-refractivity contribution >= 4 is 128 Å². The lowest BCUT2D eigenvalue weighted by atomic mass is 9.84. The molecule has 35 heteroatoms. The van der Waals surface area contributed by atoms with Crippen molar-refractivity contribution in [3.8, 4) is 34.2 Å². The highest BCUT2D eigenvalue weighted by molar-refractivity contribution is 7.90. The molecule has 4 atom stereocenters. The summed E-state index contributed by atoms with van der Waals surface area (Å²) in [6, 6.07) is 16.1. The van der Waals surface area contributed by atoms with Crippen molar-refractivity contribution in [1.82, 2.24) is 57.8 Å². The molecule has 2 aromatic carbocycles. The molecule has 0 amide bonds. The molecule has 0 saturated carbocycles. The van der Waals surface area contributed by atoms with Crippen LogP contribution in [0.3, 0.4) is 0 Å². The molecule has 0 spiro atoms. The first-order chi connectivity index (χ1) is 48.4. The number of hydrogen-bond donors (Lipinski definition) is 7. The number of carbonyl (C=O) groups is 3. The fourth-order valence-corrected chi connectivity index (χ4v) is 13.5. The lowest BCUT2D eigenvalue weighted by molar-refractivity contribution is -0.138. The molecule has 11 aromatic rings. The highest BCUT2D eigenvalue weighted by Crippen LogP contribution is 2.37. The minimum atomic E-state index is -4.05. The molecule has 0 aliphatic heterocycles. The number of H-pyrrole nitrogens is 1. The highest BCUT2D eigenvalue weighted by Gasteiger charge is 2.32. The zero-order chi connectivity index (χ0) is 76.9. The largest absolute Gasteiger partial charge is 0.481 e. The summed E-state index contributed by atoms with van der Waals surface area (Å²) in [7, 11) is -9.75. The molecule has 1 unspecified atom stereocenters. The second kappa shape index (κ2) is 32.2. The van der Waals surface area contributed by atoms with Gasteiger partial charge in [0.15, 0.2) is 62.9 Å². The number of aromatic nitrogens is 12. The van der Waals surface area contributed by atoms with Gasteiger partial charge < -0.3 is 36.7 Å². The first-order valence-corrected chi connectivity index (χ1v) is 37.0. The lowest BCUT2D eigenvalue weighted by Gasteiger charge is -2.30. The van der Waals surface area contributed by atoms with E-state index in [4.69, 9.17) is 50.7 Å². The summed E-state index contributed by atoms with van der Waals surface area (Å²) < 4.78 is 110. The average Bonchev–Trinajstić information content (AvgIpc) is 1.59. The van der Waals surface area contributed by atoms with Crippen LogP contribution < -0.4 is 16.4 Å². The smallest absolute Gasteiger partial charge is 0.305 e. The minimum Gasteiger partial charge on any atom is -0.481 e. The minimum absolute atomic E-state index is 0.00789. The second-order valence-electron chi connectivity index (χ2n) is 27.1. The van der Waals surface area contributed by atoms with Gasteiger partial charge in [-0.2, -0.15) is 0 Å². The van der Waals surface area contributed by atoms with E-state index >= 15 is 0 Å². The van der Waals surface area contributed by atoms with Gasteiger partial charge in [0.05, 0.1) is 73.5 Å².